The summed E-state index contributed by atoms with van der Waals surface area (Å²) in [7, 11) is 0. The zero-order valence-electron chi connectivity index (χ0n) is 14.0. The van der Waals surface area contributed by atoms with Crippen LogP contribution in [0.3, 0.4) is 0 Å². The summed E-state index contributed by atoms with van der Waals surface area (Å²) in [4.78, 5) is 37.2. The Kier molecular flexibility index (Phi) is 5.21. The Balaban J connectivity index is 2.12. The molecule has 0 radical (unpaired) electrons. The minimum Gasteiger partial charge on any atom is -0.444 e. The van der Waals surface area contributed by atoms with Crippen molar-refractivity contribution in [3.05, 3.63) is 58.3 Å². The second-order valence-electron chi connectivity index (χ2n) is 6.22. The molecule has 3 N–H and O–H groups in total. The van der Waals surface area contributed by atoms with Crippen LogP contribution in [0.4, 0.5) is 20.6 Å². The molecule has 0 unspecified atom stereocenters. The van der Waals surface area contributed by atoms with Crippen molar-refractivity contribution in [1.82, 2.24) is 4.98 Å². The summed E-state index contributed by atoms with van der Waals surface area (Å²) in [5.41, 5.74) is -0.693. The number of carbonyl (C=O) groups is 2. The van der Waals surface area contributed by atoms with Gasteiger partial charge >= 0.3 is 6.09 Å². The molecule has 7 nitrogen and oxygen atoms in total. The molecule has 0 aliphatic heterocycles. The number of amides is 2. The fourth-order valence-electron chi connectivity index (χ4n) is 1.87. The molecule has 0 fully saturated rings. The molecular formula is C17H18FN3O4. The minimum absolute atomic E-state index is 0.131. The Labute approximate surface area is 143 Å². The van der Waals surface area contributed by atoms with Gasteiger partial charge in [0.15, 0.2) is 0 Å². The summed E-state index contributed by atoms with van der Waals surface area (Å²) in [5.74, 6) is -1.17. The van der Waals surface area contributed by atoms with E-state index in [2.05, 4.69) is 15.6 Å². The monoisotopic (exact) mass is 347 g/mol. The van der Waals surface area contributed by atoms with Crippen molar-refractivity contribution < 1.29 is 18.7 Å². The molecule has 8 heteroatoms. The van der Waals surface area contributed by atoms with Crippen molar-refractivity contribution in [2.24, 2.45) is 0 Å². The number of carbonyl (C=O) groups excluding carboxylic acids is 2. The van der Waals surface area contributed by atoms with Crippen LogP contribution in [0.2, 0.25) is 0 Å². The highest BCUT2D eigenvalue weighted by molar-refractivity contribution is 6.04. The smallest absolute Gasteiger partial charge is 0.412 e. The van der Waals surface area contributed by atoms with Gasteiger partial charge in [-0.05, 0) is 45.0 Å². The number of H-pyrrole nitrogens is 1. The topological polar surface area (TPSA) is 100 Å². The van der Waals surface area contributed by atoms with Gasteiger partial charge in [-0.3, -0.25) is 14.9 Å². The maximum atomic E-state index is 13.8. The first-order valence-electron chi connectivity index (χ1n) is 7.44. The lowest BCUT2D eigenvalue weighted by atomic mass is 10.2. The van der Waals surface area contributed by atoms with Crippen LogP contribution in [-0.2, 0) is 4.74 Å². The number of nitrogens with one attached hydrogen (secondary N) is 3. The van der Waals surface area contributed by atoms with Gasteiger partial charge < -0.3 is 15.0 Å². The van der Waals surface area contributed by atoms with E-state index in [9.17, 15) is 18.8 Å². The third kappa shape index (κ3) is 5.45. The van der Waals surface area contributed by atoms with E-state index in [0.29, 0.717) is 0 Å². The number of aromatic amines is 1. The van der Waals surface area contributed by atoms with Gasteiger partial charge in [0.1, 0.15) is 11.4 Å². The summed E-state index contributed by atoms with van der Waals surface area (Å²) in [6.07, 6.45) is 0.455. The number of aromatic nitrogens is 1. The third-order valence-corrected chi connectivity index (χ3v) is 2.91. The Morgan fingerprint density at radius 1 is 1.12 bits per heavy atom. The second-order valence-corrected chi connectivity index (χ2v) is 6.22. The van der Waals surface area contributed by atoms with Gasteiger partial charge in [0, 0.05) is 18.0 Å². The van der Waals surface area contributed by atoms with E-state index < -0.39 is 23.4 Å². The van der Waals surface area contributed by atoms with Gasteiger partial charge in [-0.25, -0.2) is 9.18 Å². The van der Waals surface area contributed by atoms with E-state index in [1.807, 2.05) is 0 Å². The molecule has 0 atom stereocenters. The molecule has 0 spiro atoms. The van der Waals surface area contributed by atoms with Crippen LogP contribution in [0, 0.1) is 5.82 Å². The van der Waals surface area contributed by atoms with Crippen molar-refractivity contribution in [1.29, 1.82) is 0 Å². The highest BCUT2D eigenvalue weighted by Gasteiger charge is 2.18. The maximum Gasteiger partial charge on any atom is 0.412 e. The molecule has 0 aliphatic carbocycles. The first kappa shape index (κ1) is 18.2. The lowest BCUT2D eigenvalue weighted by Crippen LogP contribution is -2.27. The number of rotatable bonds is 3. The number of ether oxygens (including phenoxy) is 1. The molecule has 2 rings (SSSR count). The molecule has 0 aliphatic rings. The van der Waals surface area contributed by atoms with Crippen LogP contribution < -0.4 is 16.2 Å². The fraction of sp³-hybridized carbons (Fsp3) is 0.235. The van der Waals surface area contributed by atoms with Crippen molar-refractivity contribution in [2.45, 2.75) is 26.4 Å². The van der Waals surface area contributed by atoms with Crippen molar-refractivity contribution in [3.8, 4) is 0 Å². The number of benzene rings is 1. The first-order chi connectivity index (χ1) is 11.6. The maximum absolute atomic E-state index is 13.8. The van der Waals surface area contributed by atoms with Gasteiger partial charge in [-0.2, -0.15) is 0 Å². The predicted molar refractivity (Wildman–Crippen MR) is 91.3 cm³/mol. The predicted octanol–water partition coefficient (Wildman–Crippen LogP) is 3.11. The SMILES string of the molecule is CC(C)(C)OC(=O)Nc1cc(NC(=O)c2ccc(=O)[nH]c2)ccc1F. The van der Waals surface area contributed by atoms with E-state index in [4.69, 9.17) is 4.74 Å². The lowest BCUT2D eigenvalue weighted by Gasteiger charge is -2.20. The van der Waals surface area contributed by atoms with E-state index in [0.717, 1.165) is 6.07 Å². The normalized spacial score (nSPS) is 10.9. The Bertz CT molecular complexity index is 835. The molecule has 132 valence electrons. The van der Waals surface area contributed by atoms with Crippen molar-refractivity contribution in [3.63, 3.8) is 0 Å². The molecule has 0 saturated heterocycles. The number of anilines is 2. The Morgan fingerprint density at radius 2 is 1.84 bits per heavy atom. The van der Waals surface area contributed by atoms with Crippen LogP contribution in [0.5, 0.6) is 0 Å². The number of hydrogen-bond acceptors (Lipinski definition) is 4. The molecule has 2 amide bonds. The van der Waals surface area contributed by atoms with Crippen molar-refractivity contribution in [2.75, 3.05) is 10.6 Å². The van der Waals surface area contributed by atoms with E-state index in [1.54, 1.807) is 20.8 Å². The average molecular weight is 347 g/mol. The highest BCUT2D eigenvalue weighted by Crippen LogP contribution is 2.21. The van der Waals surface area contributed by atoms with Gasteiger partial charge in [0.05, 0.1) is 11.3 Å². The van der Waals surface area contributed by atoms with E-state index in [-0.39, 0.29) is 22.5 Å². The first-order valence-corrected chi connectivity index (χ1v) is 7.44. The van der Waals surface area contributed by atoms with Gasteiger partial charge in [-0.1, -0.05) is 0 Å². The number of halogens is 1. The molecular weight excluding hydrogens is 329 g/mol. The van der Waals surface area contributed by atoms with Crippen molar-refractivity contribution >= 4 is 23.4 Å². The molecule has 25 heavy (non-hydrogen) atoms. The van der Waals surface area contributed by atoms with Crippen LogP contribution in [0.1, 0.15) is 31.1 Å². The standard InChI is InChI=1S/C17H18FN3O4/c1-17(2,3)25-16(24)21-13-8-11(5-6-12(13)18)20-15(23)10-4-7-14(22)19-9-10/h4-9H,1-3H3,(H,19,22)(H,20,23)(H,21,24). The van der Waals surface area contributed by atoms with Crippen LogP contribution in [0.15, 0.2) is 41.3 Å². The van der Waals surface area contributed by atoms with Crippen LogP contribution in [-0.4, -0.2) is 22.6 Å². The molecule has 0 saturated carbocycles. The van der Waals surface area contributed by atoms with Gasteiger partial charge in [-0.15, -0.1) is 0 Å². The minimum atomic E-state index is -0.810. The molecule has 1 heterocycles. The summed E-state index contributed by atoms with van der Waals surface area (Å²) >= 11 is 0. The van der Waals surface area contributed by atoms with E-state index in [1.165, 1.54) is 30.5 Å². The Morgan fingerprint density at radius 3 is 2.44 bits per heavy atom. The Hall–Kier alpha value is -3.16. The van der Waals surface area contributed by atoms with E-state index >= 15 is 0 Å². The average Bonchev–Trinajstić information content (AvgIpc) is 2.49. The van der Waals surface area contributed by atoms with Crippen LogP contribution in [0.25, 0.3) is 0 Å². The van der Waals surface area contributed by atoms with Crippen LogP contribution >= 0.6 is 0 Å². The quantitative estimate of drug-likeness (QED) is 0.794. The highest BCUT2D eigenvalue weighted by atomic mass is 19.1. The largest absolute Gasteiger partial charge is 0.444 e. The summed E-state index contributed by atoms with van der Waals surface area (Å²) in [6, 6.07) is 6.30. The summed E-state index contributed by atoms with van der Waals surface area (Å²) in [5, 5.41) is 4.84. The summed E-state index contributed by atoms with van der Waals surface area (Å²) in [6.45, 7) is 5.05. The molecule has 1 aromatic carbocycles. The number of hydrogen-bond donors (Lipinski definition) is 3. The zero-order valence-corrected chi connectivity index (χ0v) is 14.0. The third-order valence-electron chi connectivity index (χ3n) is 2.91. The summed E-state index contributed by atoms with van der Waals surface area (Å²) < 4.78 is 18.9. The fourth-order valence-corrected chi connectivity index (χ4v) is 1.87. The molecule has 0 bridgehead atoms. The lowest BCUT2D eigenvalue weighted by molar-refractivity contribution is 0.0635. The molecule has 2 aromatic rings. The number of pyridine rings is 1. The van der Waals surface area contributed by atoms with Gasteiger partial charge in [0.25, 0.3) is 5.91 Å². The zero-order chi connectivity index (χ0) is 18.6. The molecule has 1 aromatic heterocycles. The second kappa shape index (κ2) is 7.16. The van der Waals surface area contributed by atoms with Gasteiger partial charge in [0.2, 0.25) is 5.56 Å².